The molecule has 4 rings (SSSR count). The molecule has 0 aliphatic carbocycles. The van der Waals surface area contributed by atoms with E-state index in [4.69, 9.17) is 0 Å². The highest BCUT2D eigenvalue weighted by molar-refractivity contribution is 7.90. The van der Waals surface area contributed by atoms with Gasteiger partial charge in [-0.2, -0.15) is 13.2 Å². The molecule has 8 heteroatoms. The van der Waals surface area contributed by atoms with Crippen LogP contribution in [-0.2, 0) is 16.0 Å². The van der Waals surface area contributed by atoms with Gasteiger partial charge in [-0.15, -0.1) is 11.3 Å². The van der Waals surface area contributed by atoms with Gasteiger partial charge in [0.2, 0.25) is 0 Å². The van der Waals surface area contributed by atoms with Gasteiger partial charge in [-0.1, -0.05) is 24.3 Å². The summed E-state index contributed by atoms with van der Waals surface area (Å²) in [6, 6.07) is 16.0. The number of para-hydroxylation sites is 1. The Hall–Kier alpha value is -2.71. The lowest BCUT2D eigenvalue weighted by atomic mass is 10.0. The highest BCUT2D eigenvalue weighted by Gasteiger charge is 2.33. The molecule has 0 saturated carbocycles. The first-order valence-corrected chi connectivity index (χ1v) is 11.2. The summed E-state index contributed by atoms with van der Waals surface area (Å²) in [4.78, 5) is 5.77. The Bertz CT molecular complexity index is 1330. The van der Waals surface area contributed by atoms with Gasteiger partial charge in [0.1, 0.15) is 0 Å². The third-order valence-corrected chi connectivity index (χ3v) is 6.77. The van der Waals surface area contributed by atoms with Crippen LogP contribution in [-0.4, -0.2) is 19.7 Å². The Labute approximate surface area is 169 Å². The van der Waals surface area contributed by atoms with Crippen molar-refractivity contribution in [2.75, 3.05) is 6.26 Å². The van der Waals surface area contributed by atoms with Crippen LogP contribution in [0.4, 0.5) is 13.2 Å². The summed E-state index contributed by atoms with van der Waals surface area (Å²) in [6.07, 6.45) is -1.97. The van der Waals surface area contributed by atoms with E-state index in [2.05, 4.69) is 4.98 Å². The van der Waals surface area contributed by atoms with Gasteiger partial charge in [0.15, 0.2) is 9.84 Å². The second kappa shape index (κ2) is 6.96. The molecule has 29 heavy (non-hydrogen) atoms. The summed E-state index contributed by atoms with van der Waals surface area (Å²) in [7, 11) is -3.34. The number of halogens is 3. The quantitative estimate of drug-likeness (QED) is 0.395. The number of thiophene rings is 1. The number of hydrogen-bond donors (Lipinski definition) is 0. The number of benzene rings is 2. The van der Waals surface area contributed by atoms with Crippen molar-refractivity contribution < 1.29 is 21.6 Å². The Morgan fingerprint density at radius 2 is 1.66 bits per heavy atom. The fourth-order valence-corrected chi connectivity index (χ4v) is 4.85. The van der Waals surface area contributed by atoms with Gasteiger partial charge in [0, 0.05) is 33.2 Å². The van der Waals surface area contributed by atoms with Crippen molar-refractivity contribution in [1.29, 1.82) is 0 Å². The Balaban J connectivity index is 1.83. The lowest BCUT2D eigenvalue weighted by Gasteiger charge is -2.11. The topological polar surface area (TPSA) is 47.0 Å². The summed E-state index contributed by atoms with van der Waals surface area (Å²) < 4.78 is 63.6. The molecule has 0 bridgehead atoms. The Kier molecular flexibility index (Phi) is 4.71. The Morgan fingerprint density at radius 3 is 2.38 bits per heavy atom. The zero-order valence-electron chi connectivity index (χ0n) is 15.1. The van der Waals surface area contributed by atoms with E-state index >= 15 is 0 Å². The Morgan fingerprint density at radius 1 is 0.931 bits per heavy atom. The molecule has 2 aromatic carbocycles. The van der Waals surface area contributed by atoms with Crippen molar-refractivity contribution in [2.24, 2.45) is 0 Å². The molecule has 0 amide bonds. The normalized spacial score (nSPS) is 12.4. The van der Waals surface area contributed by atoms with Crippen molar-refractivity contribution in [1.82, 2.24) is 4.98 Å². The van der Waals surface area contributed by atoms with Gasteiger partial charge in [0.05, 0.1) is 16.0 Å². The summed E-state index contributed by atoms with van der Waals surface area (Å²) >= 11 is 1.38. The van der Waals surface area contributed by atoms with Gasteiger partial charge in [-0.3, -0.25) is 4.98 Å². The molecule has 4 aromatic rings. The molecule has 0 aliphatic heterocycles. The molecule has 0 unspecified atom stereocenters. The SMILES string of the molecule is CS(=O)(=O)c1cccc(-c2ccc(-c3ccnc4c(C(F)(F)F)cccc34)s2)c1. The van der Waals surface area contributed by atoms with Crippen LogP contribution in [0, 0.1) is 0 Å². The van der Waals surface area contributed by atoms with E-state index < -0.39 is 21.6 Å². The smallest absolute Gasteiger partial charge is 0.256 e. The predicted octanol–water partition coefficient (Wildman–Crippen LogP) is 6.05. The standard InChI is InChI=1S/C21H14F3NO2S2/c1-29(26,27)14-5-2-4-13(12-14)18-8-9-19(28-18)15-10-11-25-20-16(15)6-3-7-17(20)21(22,23)24/h2-12H,1H3. The second-order valence-electron chi connectivity index (χ2n) is 6.52. The lowest BCUT2D eigenvalue weighted by Crippen LogP contribution is -2.06. The van der Waals surface area contributed by atoms with E-state index in [0.717, 1.165) is 27.6 Å². The molecule has 3 nitrogen and oxygen atoms in total. The monoisotopic (exact) mass is 433 g/mol. The van der Waals surface area contributed by atoms with Gasteiger partial charge in [-0.05, 0) is 42.0 Å². The van der Waals surface area contributed by atoms with Gasteiger partial charge in [-0.25, -0.2) is 8.42 Å². The third-order valence-electron chi connectivity index (χ3n) is 4.49. The average Bonchev–Trinajstić information content (AvgIpc) is 3.16. The minimum atomic E-state index is -4.49. The van der Waals surface area contributed by atoms with Crippen molar-refractivity contribution in [3.05, 3.63) is 72.4 Å². The number of aromatic nitrogens is 1. The maximum Gasteiger partial charge on any atom is 0.418 e. The van der Waals surface area contributed by atoms with Crippen LogP contribution in [0.25, 0.3) is 31.8 Å². The summed E-state index contributed by atoms with van der Waals surface area (Å²) in [5.41, 5.74) is 0.524. The molecule has 0 fully saturated rings. The van der Waals surface area contributed by atoms with Crippen molar-refractivity contribution in [2.45, 2.75) is 11.1 Å². The van der Waals surface area contributed by atoms with E-state index in [-0.39, 0.29) is 10.4 Å². The number of sulfone groups is 1. The maximum absolute atomic E-state index is 13.3. The highest BCUT2D eigenvalue weighted by atomic mass is 32.2. The first-order valence-electron chi connectivity index (χ1n) is 8.50. The molecule has 0 radical (unpaired) electrons. The number of alkyl halides is 3. The van der Waals surface area contributed by atoms with E-state index in [1.165, 1.54) is 29.7 Å². The molecule has 0 N–H and O–H groups in total. The molecular weight excluding hydrogens is 419 g/mol. The number of pyridine rings is 1. The van der Waals surface area contributed by atoms with Crippen LogP contribution >= 0.6 is 11.3 Å². The predicted molar refractivity (Wildman–Crippen MR) is 109 cm³/mol. The number of fused-ring (bicyclic) bond motifs is 1. The second-order valence-corrected chi connectivity index (χ2v) is 9.62. The van der Waals surface area contributed by atoms with E-state index in [9.17, 15) is 21.6 Å². The zero-order valence-corrected chi connectivity index (χ0v) is 16.7. The summed E-state index contributed by atoms with van der Waals surface area (Å²) in [5.74, 6) is 0. The number of rotatable bonds is 3. The van der Waals surface area contributed by atoms with E-state index in [1.807, 2.05) is 12.1 Å². The molecule has 0 aliphatic rings. The van der Waals surface area contributed by atoms with Crippen molar-refractivity contribution in [3.8, 4) is 20.9 Å². The minimum absolute atomic E-state index is 0.0912. The van der Waals surface area contributed by atoms with E-state index in [0.29, 0.717) is 10.9 Å². The van der Waals surface area contributed by atoms with Gasteiger partial charge < -0.3 is 0 Å². The van der Waals surface area contributed by atoms with Crippen molar-refractivity contribution >= 4 is 32.1 Å². The van der Waals surface area contributed by atoms with Gasteiger partial charge in [0.25, 0.3) is 0 Å². The van der Waals surface area contributed by atoms with Gasteiger partial charge >= 0.3 is 6.18 Å². The molecule has 0 spiro atoms. The molecule has 2 aromatic heterocycles. The maximum atomic E-state index is 13.3. The average molecular weight is 433 g/mol. The van der Waals surface area contributed by atoms with Crippen LogP contribution in [0.15, 0.2) is 71.8 Å². The molecule has 0 saturated heterocycles. The highest BCUT2D eigenvalue weighted by Crippen LogP contribution is 2.40. The van der Waals surface area contributed by atoms with Crippen LogP contribution in [0.3, 0.4) is 0 Å². The summed E-state index contributed by atoms with van der Waals surface area (Å²) in [6.45, 7) is 0. The number of nitrogens with zero attached hydrogens (tertiary/aromatic N) is 1. The largest absolute Gasteiger partial charge is 0.418 e. The fraction of sp³-hybridized carbons (Fsp3) is 0.0952. The fourth-order valence-electron chi connectivity index (χ4n) is 3.14. The zero-order chi connectivity index (χ0) is 20.8. The van der Waals surface area contributed by atoms with Crippen LogP contribution in [0.1, 0.15) is 5.56 Å². The molecule has 0 atom stereocenters. The summed E-state index contributed by atoms with van der Waals surface area (Å²) in [5, 5.41) is 0.417. The molecule has 148 valence electrons. The first kappa shape index (κ1) is 19.6. The van der Waals surface area contributed by atoms with Crippen molar-refractivity contribution in [3.63, 3.8) is 0 Å². The molecule has 2 heterocycles. The van der Waals surface area contributed by atoms with Crippen LogP contribution < -0.4 is 0 Å². The lowest BCUT2D eigenvalue weighted by molar-refractivity contribution is -0.136. The third kappa shape index (κ3) is 3.77. The first-order chi connectivity index (χ1) is 13.6. The molecular formula is C21H14F3NO2S2. The number of hydrogen-bond acceptors (Lipinski definition) is 4. The van der Waals surface area contributed by atoms with E-state index in [1.54, 1.807) is 30.3 Å². The van der Waals surface area contributed by atoms with Crippen LogP contribution in [0.2, 0.25) is 0 Å². The minimum Gasteiger partial charge on any atom is -0.256 e. The van der Waals surface area contributed by atoms with Crippen LogP contribution in [0.5, 0.6) is 0 Å².